The van der Waals surface area contributed by atoms with Gasteiger partial charge in [0.2, 0.25) is 0 Å². The lowest BCUT2D eigenvalue weighted by Gasteiger charge is -2.21. The van der Waals surface area contributed by atoms with Crippen molar-refractivity contribution < 1.29 is 9.18 Å². The molecule has 28 heavy (non-hydrogen) atoms. The number of aromatic nitrogens is 2. The Balaban J connectivity index is 1.71. The highest BCUT2D eigenvalue weighted by molar-refractivity contribution is 6.05. The van der Waals surface area contributed by atoms with Crippen molar-refractivity contribution in [1.82, 2.24) is 9.97 Å². The van der Waals surface area contributed by atoms with Gasteiger partial charge in [-0.3, -0.25) is 4.79 Å². The number of amides is 1. The Bertz CT molecular complexity index is 929. The summed E-state index contributed by atoms with van der Waals surface area (Å²) < 4.78 is 13.0. The highest BCUT2D eigenvalue weighted by Crippen LogP contribution is 2.17. The van der Waals surface area contributed by atoms with Crippen molar-refractivity contribution in [3.05, 3.63) is 83.6 Å². The van der Waals surface area contributed by atoms with Crippen LogP contribution in [0, 0.1) is 12.7 Å². The Labute approximate surface area is 164 Å². The van der Waals surface area contributed by atoms with Crippen LogP contribution in [0.4, 0.5) is 15.9 Å². The molecule has 0 aliphatic heterocycles. The molecule has 0 aliphatic carbocycles. The minimum absolute atomic E-state index is 0.166. The number of nitrogens with one attached hydrogen (secondary N) is 1. The smallest absolute Gasteiger partial charge is 0.277 e. The maximum atomic E-state index is 13.0. The molecule has 0 saturated heterocycles. The molecule has 2 aromatic carbocycles. The van der Waals surface area contributed by atoms with Crippen LogP contribution in [0.2, 0.25) is 0 Å². The summed E-state index contributed by atoms with van der Waals surface area (Å²) in [4.78, 5) is 23.4. The van der Waals surface area contributed by atoms with Gasteiger partial charge in [0.15, 0.2) is 0 Å². The normalized spacial score (nSPS) is 10.5. The molecule has 1 amide bonds. The number of nitrogens with zero attached hydrogens (tertiary/aromatic N) is 3. The van der Waals surface area contributed by atoms with Gasteiger partial charge in [0.25, 0.3) is 5.91 Å². The number of carbonyl (C=O) groups excluding carboxylic acids is 1. The molecule has 0 saturated carbocycles. The fraction of sp³-hybridized carbons (Fsp3) is 0.227. The zero-order valence-electron chi connectivity index (χ0n) is 16.0. The molecule has 1 N–H and O–H groups in total. The number of hydrogen-bond donors (Lipinski definition) is 1. The third-order valence-electron chi connectivity index (χ3n) is 4.32. The van der Waals surface area contributed by atoms with E-state index in [-0.39, 0.29) is 11.7 Å². The highest BCUT2D eigenvalue weighted by atomic mass is 19.1. The minimum atomic E-state index is -0.245. The molecule has 144 valence electrons. The van der Waals surface area contributed by atoms with E-state index in [2.05, 4.69) is 15.3 Å². The standard InChI is InChI=1S/C22H23FN4O/c1-3-27(19-7-5-4-6-8-19)22(28)20-15-21(26-16(2)25-20)24-14-13-17-9-11-18(23)12-10-17/h4-12,15H,3,13-14H2,1-2H3,(H,24,25,26). The average Bonchev–Trinajstić information content (AvgIpc) is 2.70. The van der Waals surface area contributed by atoms with E-state index in [1.165, 1.54) is 12.1 Å². The molecule has 1 aromatic heterocycles. The van der Waals surface area contributed by atoms with Crippen LogP contribution in [0.15, 0.2) is 60.7 Å². The first-order valence-electron chi connectivity index (χ1n) is 9.27. The summed E-state index contributed by atoms with van der Waals surface area (Å²) in [5.41, 5.74) is 2.21. The van der Waals surface area contributed by atoms with E-state index in [9.17, 15) is 9.18 Å². The zero-order chi connectivity index (χ0) is 19.9. The Kier molecular flexibility index (Phi) is 6.32. The van der Waals surface area contributed by atoms with Gasteiger partial charge in [0, 0.05) is 24.8 Å². The Morgan fingerprint density at radius 2 is 1.79 bits per heavy atom. The molecule has 0 fully saturated rings. The SMILES string of the molecule is CCN(C(=O)c1cc(NCCc2ccc(F)cc2)nc(C)n1)c1ccccc1. The Morgan fingerprint density at radius 1 is 1.07 bits per heavy atom. The summed E-state index contributed by atoms with van der Waals surface area (Å²) in [5, 5.41) is 3.22. The summed E-state index contributed by atoms with van der Waals surface area (Å²) in [5.74, 6) is 0.715. The summed E-state index contributed by atoms with van der Waals surface area (Å²) in [6.45, 7) is 4.85. The molecule has 3 aromatic rings. The van der Waals surface area contributed by atoms with Gasteiger partial charge in [0.1, 0.15) is 23.2 Å². The van der Waals surface area contributed by atoms with Gasteiger partial charge in [-0.2, -0.15) is 0 Å². The molecule has 0 radical (unpaired) electrons. The topological polar surface area (TPSA) is 58.1 Å². The number of carbonyl (C=O) groups is 1. The number of anilines is 2. The number of aryl methyl sites for hydroxylation is 1. The van der Waals surface area contributed by atoms with Gasteiger partial charge in [0.05, 0.1) is 0 Å². The molecule has 0 atom stereocenters. The molecular formula is C22H23FN4O. The highest BCUT2D eigenvalue weighted by Gasteiger charge is 2.18. The van der Waals surface area contributed by atoms with Crippen LogP contribution in [0.3, 0.4) is 0 Å². The van der Waals surface area contributed by atoms with Gasteiger partial charge in [-0.25, -0.2) is 14.4 Å². The van der Waals surface area contributed by atoms with E-state index in [1.54, 1.807) is 30.0 Å². The molecule has 3 rings (SSSR count). The van der Waals surface area contributed by atoms with Crippen LogP contribution in [0.1, 0.15) is 28.8 Å². The zero-order valence-corrected chi connectivity index (χ0v) is 16.0. The molecule has 6 heteroatoms. The maximum absolute atomic E-state index is 13.0. The van der Waals surface area contributed by atoms with Crippen molar-refractivity contribution in [2.75, 3.05) is 23.3 Å². The average molecular weight is 378 g/mol. The number of para-hydroxylation sites is 1. The summed E-state index contributed by atoms with van der Waals surface area (Å²) in [7, 11) is 0. The number of benzene rings is 2. The van der Waals surface area contributed by atoms with Crippen LogP contribution in [0.25, 0.3) is 0 Å². The van der Waals surface area contributed by atoms with Crippen LogP contribution in [0.5, 0.6) is 0 Å². The fourth-order valence-corrected chi connectivity index (χ4v) is 2.94. The lowest BCUT2D eigenvalue weighted by atomic mass is 10.1. The van der Waals surface area contributed by atoms with E-state index in [0.29, 0.717) is 30.4 Å². The number of hydrogen-bond acceptors (Lipinski definition) is 4. The molecule has 0 aliphatic rings. The predicted molar refractivity (Wildman–Crippen MR) is 109 cm³/mol. The first-order chi connectivity index (χ1) is 13.6. The maximum Gasteiger partial charge on any atom is 0.277 e. The fourth-order valence-electron chi connectivity index (χ4n) is 2.94. The molecular weight excluding hydrogens is 355 g/mol. The molecule has 0 bridgehead atoms. The van der Waals surface area contributed by atoms with E-state index in [1.807, 2.05) is 37.3 Å². The van der Waals surface area contributed by atoms with Crippen LogP contribution >= 0.6 is 0 Å². The third-order valence-corrected chi connectivity index (χ3v) is 4.32. The monoisotopic (exact) mass is 378 g/mol. The summed E-state index contributed by atoms with van der Waals surface area (Å²) >= 11 is 0. The largest absolute Gasteiger partial charge is 0.370 e. The molecule has 0 unspecified atom stereocenters. The van der Waals surface area contributed by atoms with E-state index >= 15 is 0 Å². The summed E-state index contributed by atoms with van der Waals surface area (Å²) in [6.07, 6.45) is 0.720. The lowest BCUT2D eigenvalue weighted by molar-refractivity contribution is 0.0983. The van der Waals surface area contributed by atoms with Crippen LogP contribution < -0.4 is 10.2 Å². The van der Waals surface area contributed by atoms with Crippen molar-refractivity contribution in [3.8, 4) is 0 Å². The van der Waals surface area contributed by atoms with Crippen molar-refractivity contribution in [2.45, 2.75) is 20.3 Å². The van der Waals surface area contributed by atoms with Crippen molar-refractivity contribution in [1.29, 1.82) is 0 Å². The first kappa shape index (κ1) is 19.5. The van der Waals surface area contributed by atoms with Gasteiger partial charge in [-0.15, -0.1) is 0 Å². The second kappa shape index (κ2) is 9.08. The second-order valence-corrected chi connectivity index (χ2v) is 6.37. The second-order valence-electron chi connectivity index (χ2n) is 6.37. The van der Waals surface area contributed by atoms with Crippen LogP contribution in [-0.2, 0) is 6.42 Å². The molecule has 5 nitrogen and oxygen atoms in total. The minimum Gasteiger partial charge on any atom is -0.370 e. The van der Waals surface area contributed by atoms with E-state index in [0.717, 1.165) is 17.7 Å². The van der Waals surface area contributed by atoms with E-state index in [4.69, 9.17) is 0 Å². The summed E-state index contributed by atoms with van der Waals surface area (Å²) in [6, 6.07) is 17.6. The van der Waals surface area contributed by atoms with Crippen LogP contribution in [-0.4, -0.2) is 29.0 Å². The van der Waals surface area contributed by atoms with Gasteiger partial charge in [-0.1, -0.05) is 30.3 Å². The predicted octanol–water partition coefficient (Wildman–Crippen LogP) is 4.25. The Hall–Kier alpha value is -3.28. The van der Waals surface area contributed by atoms with Gasteiger partial charge < -0.3 is 10.2 Å². The van der Waals surface area contributed by atoms with Gasteiger partial charge in [-0.05, 0) is 50.1 Å². The third kappa shape index (κ3) is 4.91. The quantitative estimate of drug-likeness (QED) is 0.668. The van der Waals surface area contributed by atoms with Gasteiger partial charge >= 0.3 is 0 Å². The van der Waals surface area contributed by atoms with Crippen molar-refractivity contribution >= 4 is 17.4 Å². The molecule has 1 heterocycles. The number of halogens is 1. The molecule has 0 spiro atoms. The first-order valence-corrected chi connectivity index (χ1v) is 9.27. The number of rotatable bonds is 7. The Morgan fingerprint density at radius 3 is 2.46 bits per heavy atom. The van der Waals surface area contributed by atoms with Crippen molar-refractivity contribution in [3.63, 3.8) is 0 Å². The van der Waals surface area contributed by atoms with Crippen molar-refractivity contribution in [2.24, 2.45) is 0 Å². The van der Waals surface area contributed by atoms with E-state index < -0.39 is 0 Å². The lowest BCUT2D eigenvalue weighted by Crippen LogP contribution is -2.31.